The predicted molar refractivity (Wildman–Crippen MR) is 137 cm³/mol. The molecule has 1 atom stereocenters. The molecule has 0 aromatic heterocycles. The van der Waals surface area contributed by atoms with Crippen LogP contribution in [0.1, 0.15) is 66.9 Å². The van der Waals surface area contributed by atoms with Crippen LogP contribution in [0.3, 0.4) is 0 Å². The van der Waals surface area contributed by atoms with Gasteiger partial charge >= 0.3 is 5.97 Å². The van der Waals surface area contributed by atoms with Gasteiger partial charge in [0.05, 0.1) is 0 Å². The first-order valence-electron chi connectivity index (χ1n) is 11.5. The molecular formula is C25H44O5Si2. The Hall–Kier alpha value is -1.61. The van der Waals surface area contributed by atoms with Crippen molar-refractivity contribution in [2.24, 2.45) is 0 Å². The standard InChI is InChI=1S/C25H44O5Si2/c1-19(16-17-26)28-23(27)15-13-20-12-14-21(29-31(8,9)24(2,3)4)22(18-20)30-32(10,11)25(5,6)7/h12,14,17-19H,13,15-16H2,1-11H3/t19-/m1/s1. The Labute approximate surface area is 197 Å². The second-order valence-corrected chi connectivity index (χ2v) is 21.2. The van der Waals surface area contributed by atoms with Gasteiger partial charge in [-0.25, -0.2) is 0 Å². The summed E-state index contributed by atoms with van der Waals surface area (Å²) in [7, 11) is -4.13. The molecule has 1 aromatic rings. The van der Waals surface area contributed by atoms with Crippen LogP contribution in [0.2, 0.25) is 36.3 Å². The van der Waals surface area contributed by atoms with Crippen LogP contribution in [-0.4, -0.2) is 35.0 Å². The summed E-state index contributed by atoms with van der Waals surface area (Å²) in [6, 6.07) is 6.01. The fraction of sp³-hybridized carbons (Fsp3) is 0.680. The lowest BCUT2D eigenvalue weighted by molar-refractivity contribution is -0.148. The van der Waals surface area contributed by atoms with Crippen LogP contribution in [0.4, 0.5) is 0 Å². The number of esters is 1. The molecule has 0 aliphatic rings. The maximum Gasteiger partial charge on any atom is 0.306 e. The molecule has 0 N–H and O–H groups in total. The van der Waals surface area contributed by atoms with Crippen LogP contribution in [0, 0.1) is 0 Å². The van der Waals surface area contributed by atoms with Crippen LogP contribution in [0.5, 0.6) is 11.5 Å². The van der Waals surface area contributed by atoms with Crippen molar-refractivity contribution in [2.75, 3.05) is 0 Å². The Morgan fingerprint density at radius 3 is 1.91 bits per heavy atom. The van der Waals surface area contributed by atoms with Crippen LogP contribution >= 0.6 is 0 Å². The number of hydrogen-bond acceptors (Lipinski definition) is 5. The number of benzene rings is 1. The number of aldehydes is 1. The molecule has 0 saturated carbocycles. The number of rotatable bonds is 10. The Balaban J connectivity index is 3.17. The van der Waals surface area contributed by atoms with E-state index >= 15 is 0 Å². The molecular weight excluding hydrogens is 436 g/mol. The van der Waals surface area contributed by atoms with Gasteiger partial charge < -0.3 is 18.4 Å². The van der Waals surface area contributed by atoms with Crippen molar-refractivity contribution in [3.05, 3.63) is 23.8 Å². The summed E-state index contributed by atoms with van der Waals surface area (Å²) < 4.78 is 18.6. The normalized spacial score (nSPS) is 14.0. The Morgan fingerprint density at radius 1 is 0.938 bits per heavy atom. The molecule has 5 nitrogen and oxygen atoms in total. The Bertz CT molecular complexity index is 789. The lowest BCUT2D eigenvalue weighted by atomic mass is 10.1. The van der Waals surface area contributed by atoms with Gasteiger partial charge in [-0.05, 0) is 67.3 Å². The first-order valence-corrected chi connectivity index (χ1v) is 17.4. The third kappa shape index (κ3) is 8.07. The third-order valence-corrected chi connectivity index (χ3v) is 15.4. The van der Waals surface area contributed by atoms with E-state index in [9.17, 15) is 9.59 Å². The molecule has 7 heteroatoms. The van der Waals surface area contributed by atoms with Crippen LogP contribution < -0.4 is 8.85 Å². The SMILES string of the molecule is C[C@H](CC=O)OC(=O)CCc1ccc(O[Si](C)(C)C(C)(C)C)c(O[Si](C)(C)C(C)(C)C)c1. The summed E-state index contributed by atoms with van der Waals surface area (Å²) in [5, 5.41) is 0.123. The second kappa shape index (κ2) is 10.6. The molecule has 1 rings (SSSR count). The number of aryl methyl sites for hydroxylation is 1. The molecule has 0 fully saturated rings. The lowest BCUT2D eigenvalue weighted by Crippen LogP contribution is -2.45. The van der Waals surface area contributed by atoms with Gasteiger partial charge in [-0.15, -0.1) is 0 Å². The van der Waals surface area contributed by atoms with E-state index in [-0.39, 0.29) is 28.9 Å². The Morgan fingerprint density at radius 2 is 1.44 bits per heavy atom. The van der Waals surface area contributed by atoms with Gasteiger partial charge in [-0.1, -0.05) is 47.6 Å². The summed E-state index contributed by atoms with van der Waals surface area (Å²) in [5.41, 5.74) is 1.00. The summed E-state index contributed by atoms with van der Waals surface area (Å²) in [6.45, 7) is 23.9. The Kier molecular flexibility index (Phi) is 9.37. The highest BCUT2D eigenvalue weighted by Gasteiger charge is 2.42. The van der Waals surface area contributed by atoms with Crippen molar-refractivity contribution in [2.45, 2.75) is 110 Å². The first kappa shape index (κ1) is 28.4. The highest BCUT2D eigenvalue weighted by atomic mass is 28.4. The summed E-state index contributed by atoms with van der Waals surface area (Å²) in [5.74, 6) is 1.25. The number of carbonyl (C=O) groups is 2. The van der Waals surface area contributed by atoms with Crippen molar-refractivity contribution in [1.82, 2.24) is 0 Å². The molecule has 0 radical (unpaired) electrons. The molecule has 182 valence electrons. The van der Waals surface area contributed by atoms with Crippen molar-refractivity contribution >= 4 is 28.9 Å². The van der Waals surface area contributed by atoms with Gasteiger partial charge in [-0.2, -0.15) is 0 Å². The molecule has 0 spiro atoms. The molecule has 0 aliphatic heterocycles. The molecule has 32 heavy (non-hydrogen) atoms. The van der Waals surface area contributed by atoms with Crippen molar-refractivity contribution in [1.29, 1.82) is 0 Å². The molecule has 0 aliphatic carbocycles. The van der Waals surface area contributed by atoms with Crippen molar-refractivity contribution in [3.63, 3.8) is 0 Å². The van der Waals surface area contributed by atoms with E-state index in [0.717, 1.165) is 23.3 Å². The van der Waals surface area contributed by atoms with Gasteiger partial charge in [0.25, 0.3) is 16.6 Å². The average Bonchev–Trinajstić information content (AvgIpc) is 2.59. The second-order valence-electron chi connectivity index (χ2n) is 11.7. The molecule has 0 saturated heterocycles. The smallest absolute Gasteiger partial charge is 0.306 e. The van der Waals surface area contributed by atoms with E-state index in [1.165, 1.54) is 0 Å². The fourth-order valence-corrected chi connectivity index (χ4v) is 4.48. The zero-order valence-electron chi connectivity index (χ0n) is 22.0. The minimum absolute atomic E-state index is 0.0514. The van der Waals surface area contributed by atoms with Crippen LogP contribution in [0.15, 0.2) is 18.2 Å². The quantitative estimate of drug-likeness (QED) is 0.207. The van der Waals surface area contributed by atoms with Gasteiger partial charge in [0.1, 0.15) is 23.9 Å². The third-order valence-electron chi connectivity index (χ3n) is 6.73. The predicted octanol–water partition coefficient (Wildman–Crippen LogP) is 6.91. The minimum Gasteiger partial charge on any atom is -0.541 e. The van der Waals surface area contributed by atoms with E-state index in [0.29, 0.717) is 6.42 Å². The molecule has 0 bridgehead atoms. The number of carbonyl (C=O) groups excluding carboxylic acids is 2. The molecule has 0 amide bonds. The van der Waals surface area contributed by atoms with E-state index in [1.807, 2.05) is 18.2 Å². The van der Waals surface area contributed by atoms with Gasteiger partial charge in [0.2, 0.25) is 0 Å². The molecule has 1 aromatic carbocycles. The fourth-order valence-electron chi connectivity index (χ4n) is 2.44. The lowest BCUT2D eigenvalue weighted by Gasteiger charge is -2.39. The van der Waals surface area contributed by atoms with Crippen LogP contribution in [-0.2, 0) is 20.7 Å². The zero-order valence-corrected chi connectivity index (χ0v) is 24.0. The van der Waals surface area contributed by atoms with Gasteiger partial charge in [0.15, 0.2) is 0 Å². The maximum atomic E-state index is 12.1. The topological polar surface area (TPSA) is 61.8 Å². The van der Waals surface area contributed by atoms with E-state index in [2.05, 4.69) is 67.7 Å². The number of ether oxygens (including phenoxy) is 1. The van der Waals surface area contributed by atoms with Gasteiger partial charge in [-0.3, -0.25) is 4.79 Å². The van der Waals surface area contributed by atoms with Gasteiger partial charge in [0, 0.05) is 12.8 Å². The largest absolute Gasteiger partial charge is 0.541 e. The van der Waals surface area contributed by atoms with Crippen molar-refractivity contribution < 1.29 is 23.2 Å². The summed E-state index contributed by atoms with van der Waals surface area (Å²) >= 11 is 0. The van der Waals surface area contributed by atoms with E-state index < -0.39 is 22.7 Å². The summed E-state index contributed by atoms with van der Waals surface area (Å²) in [6.07, 6.45) is 1.39. The first-order chi connectivity index (χ1) is 14.4. The average molecular weight is 481 g/mol. The maximum absolute atomic E-state index is 12.1. The minimum atomic E-state index is -2.09. The monoisotopic (exact) mass is 480 g/mol. The van der Waals surface area contributed by atoms with Crippen LogP contribution in [0.25, 0.3) is 0 Å². The molecule has 0 heterocycles. The highest BCUT2D eigenvalue weighted by molar-refractivity contribution is 6.75. The van der Waals surface area contributed by atoms with Crippen molar-refractivity contribution in [3.8, 4) is 11.5 Å². The highest BCUT2D eigenvalue weighted by Crippen LogP contribution is 2.43. The zero-order chi connectivity index (χ0) is 25.0. The summed E-state index contributed by atoms with van der Waals surface area (Å²) in [4.78, 5) is 22.7. The van der Waals surface area contributed by atoms with E-state index in [4.69, 9.17) is 13.6 Å². The number of hydrogen-bond donors (Lipinski definition) is 0. The molecule has 0 unspecified atom stereocenters. The van der Waals surface area contributed by atoms with E-state index in [1.54, 1.807) is 6.92 Å².